The Balaban J connectivity index is 1.78. The van der Waals surface area contributed by atoms with Crippen molar-refractivity contribution in [2.75, 3.05) is 0 Å². The van der Waals surface area contributed by atoms with Crippen LogP contribution in [0.1, 0.15) is 10.6 Å². The second-order valence-electron chi connectivity index (χ2n) is 5.14. The van der Waals surface area contributed by atoms with Crippen molar-refractivity contribution >= 4 is 23.5 Å². The fourth-order valence-electron chi connectivity index (χ4n) is 2.51. The van der Waals surface area contributed by atoms with Gasteiger partial charge in [-0.3, -0.25) is 4.79 Å². The molecule has 0 spiro atoms. The van der Waals surface area contributed by atoms with E-state index < -0.39 is 0 Å². The summed E-state index contributed by atoms with van der Waals surface area (Å²) in [7, 11) is 0. The summed E-state index contributed by atoms with van der Waals surface area (Å²) in [6.45, 7) is 0. The molecule has 0 bridgehead atoms. The number of aldehydes is 1. The normalized spacial score (nSPS) is 11.0. The fraction of sp³-hybridized carbons (Fsp3) is 0. The molecule has 1 aromatic carbocycles. The average Bonchev–Trinajstić information content (AvgIpc) is 3.21. The summed E-state index contributed by atoms with van der Waals surface area (Å²) >= 11 is 6.01. The highest BCUT2D eigenvalue weighted by molar-refractivity contribution is 6.30. The second-order valence-corrected chi connectivity index (χ2v) is 5.58. The van der Waals surface area contributed by atoms with Crippen molar-refractivity contribution in [1.82, 2.24) is 9.38 Å². The number of rotatable bonds is 3. The summed E-state index contributed by atoms with van der Waals surface area (Å²) in [6, 6.07) is 15.0. The van der Waals surface area contributed by atoms with Crippen molar-refractivity contribution in [3.8, 4) is 22.6 Å². The zero-order valence-electron chi connectivity index (χ0n) is 11.9. The largest absolute Gasteiger partial charge is 0.453 e. The van der Waals surface area contributed by atoms with Crippen LogP contribution in [0.25, 0.3) is 28.2 Å². The van der Waals surface area contributed by atoms with E-state index in [1.807, 2.05) is 53.2 Å². The number of furan rings is 1. The molecule has 0 aliphatic carbocycles. The van der Waals surface area contributed by atoms with E-state index in [2.05, 4.69) is 4.98 Å². The van der Waals surface area contributed by atoms with Crippen LogP contribution in [0.4, 0.5) is 0 Å². The summed E-state index contributed by atoms with van der Waals surface area (Å²) in [5, 5.41) is 0.659. The fourth-order valence-corrected chi connectivity index (χ4v) is 2.68. The molecule has 0 saturated heterocycles. The van der Waals surface area contributed by atoms with Crippen LogP contribution in [0.3, 0.4) is 0 Å². The average molecular weight is 323 g/mol. The van der Waals surface area contributed by atoms with Crippen molar-refractivity contribution in [2.24, 2.45) is 0 Å². The van der Waals surface area contributed by atoms with E-state index in [0.29, 0.717) is 22.8 Å². The third kappa shape index (κ3) is 2.53. The van der Waals surface area contributed by atoms with E-state index in [9.17, 15) is 4.79 Å². The first kappa shape index (κ1) is 13.8. The molecule has 0 aliphatic heterocycles. The quantitative estimate of drug-likeness (QED) is 0.512. The maximum Gasteiger partial charge on any atom is 0.185 e. The summed E-state index contributed by atoms with van der Waals surface area (Å²) in [5.41, 5.74) is 3.53. The van der Waals surface area contributed by atoms with E-state index in [0.717, 1.165) is 22.5 Å². The molecule has 112 valence electrons. The van der Waals surface area contributed by atoms with Gasteiger partial charge in [-0.2, -0.15) is 0 Å². The summed E-state index contributed by atoms with van der Waals surface area (Å²) in [5.74, 6) is 0.966. The number of carbonyl (C=O) groups excluding carboxylic acids is 1. The first-order valence-electron chi connectivity index (χ1n) is 7.03. The van der Waals surface area contributed by atoms with Gasteiger partial charge in [0, 0.05) is 23.5 Å². The smallest absolute Gasteiger partial charge is 0.185 e. The molecule has 0 aliphatic rings. The second kappa shape index (κ2) is 5.41. The number of hydrogen-bond acceptors (Lipinski definition) is 3. The number of imidazole rings is 1. The molecule has 0 radical (unpaired) electrons. The van der Waals surface area contributed by atoms with Gasteiger partial charge in [0.15, 0.2) is 12.0 Å². The Morgan fingerprint density at radius 2 is 1.91 bits per heavy atom. The number of pyridine rings is 1. The van der Waals surface area contributed by atoms with Gasteiger partial charge in [-0.1, -0.05) is 29.8 Å². The van der Waals surface area contributed by atoms with Crippen LogP contribution in [-0.2, 0) is 0 Å². The summed E-state index contributed by atoms with van der Waals surface area (Å²) in [6.07, 6.45) is 4.44. The highest BCUT2D eigenvalue weighted by Crippen LogP contribution is 2.27. The van der Waals surface area contributed by atoms with Gasteiger partial charge in [0.1, 0.15) is 11.4 Å². The van der Waals surface area contributed by atoms with Crippen molar-refractivity contribution in [3.05, 3.63) is 71.7 Å². The van der Waals surface area contributed by atoms with Crippen LogP contribution in [0.15, 0.2) is 65.3 Å². The zero-order valence-corrected chi connectivity index (χ0v) is 12.7. The molecule has 23 heavy (non-hydrogen) atoms. The van der Waals surface area contributed by atoms with Gasteiger partial charge in [0.05, 0.1) is 10.7 Å². The number of nitrogens with zero attached hydrogens (tertiary/aromatic N) is 2. The maximum absolute atomic E-state index is 10.7. The monoisotopic (exact) mass is 322 g/mol. The van der Waals surface area contributed by atoms with Crippen LogP contribution >= 0.6 is 11.6 Å². The number of halogens is 1. The Morgan fingerprint density at radius 1 is 1.04 bits per heavy atom. The zero-order chi connectivity index (χ0) is 15.8. The lowest BCUT2D eigenvalue weighted by atomic mass is 10.1. The number of benzene rings is 1. The summed E-state index contributed by atoms with van der Waals surface area (Å²) < 4.78 is 7.36. The molecular formula is C18H11ClN2O2. The van der Waals surface area contributed by atoms with Gasteiger partial charge in [-0.25, -0.2) is 4.98 Å². The van der Waals surface area contributed by atoms with Gasteiger partial charge < -0.3 is 8.82 Å². The lowest BCUT2D eigenvalue weighted by Crippen LogP contribution is -1.80. The summed E-state index contributed by atoms with van der Waals surface area (Å²) in [4.78, 5) is 15.3. The predicted octanol–water partition coefficient (Wildman–Crippen LogP) is 4.73. The highest BCUT2D eigenvalue weighted by atomic mass is 35.5. The molecule has 0 atom stereocenters. The first-order valence-corrected chi connectivity index (χ1v) is 7.41. The minimum atomic E-state index is 0.313. The van der Waals surface area contributed by atoms with E-state index in [-0.39, 0.29) is 0 Å². The molecule has 4 nitrogen and oxygen atoms in total. The van der Waals surface area contributed by atoms with Crippen LogP contribution in [0.5, 0.6) is 0 Å². The standard InChI is InChI=1S/C18H11ClN2O2/c19-14-4-7-18-20-16(10-21(18)9-14)12-2-1-3-13(8-12)17-6-5-15(11-22)23-17/h1-11H. The first-order chi connectivity index (χ1) is 11.2. The van der Waals surface area contributed by atoms with Gasteiger partial charge in [-0.15, -0.1) is 0 Å². The third-order valence-electron chi connectivity index (χ3n) is 3.60. The van der Waals surface area contributed by atoms with E-state index in [4.69, 9.17) is 16.0 Å². The van der Waals surface area contributed by atoms with Crippen molar-refractivity contribution < 1.29 is 9.21 Å². The SMILES string of the molecule is O=Cc1ccc(-c2cccc(-c3cn4cc(Cl)ccc4n3)c2)o1. The van der Waals surface area contributed by atoms with Gasteiger partial charge in [0.2, 0.25) is 0 Å². The Labute approximate surface area is 137 Å². The van der Waals surface area contributed by atoms with Crippen LogP contribution < -0.4 is 0 Å². The molecule has 5 heteroatoms. The van der Waals surface area contributed by atoms with Gasteiger partial charge in [0.25, 0.3) is 0 Å². The molecule has 0 amide bonds. The van der Waals surface area contributed by atoms with E-state index >= 15 is 0 Å². The molecule has 4 aromatic rings. The Bertz CT molecular complexity index is 1020. The minimum absolute atomic E-state index is 0.313. The van der Waals surface area contributed by atoms with E-state index in [1.165, 1.54) is 0 Å². The Morgan fingerprint density at radius 3 is 2.74 bits per heavy atom. The Hall–Kier alpha value is -2.85. The number of fused-ring (bicyclic) bond motifs is 1. The molecule has 3 aromatic heterocycles. The predicted molar refractivity (Wildman–Crippen MR) is 88.7 cm³/mol. The minimum Gasteiger partial charge on any atom is -0.453 e. The molecule has 3 heterocycles. The van der Waals surface area contributed by atoms with Crippen molar-refractivity contribution in [1.29, 1.82) is 0 Å². The molecule has 0 fully saturated rings. The lowest BCUT2D eigenvalue weighted by Gasteiger charge is -2.00. The topological polar surface area (TPSA) is 47.5 Å². The third-order valence-corrected chi connectivity index (χ3v) is 3.82. The molecule has 4 rings (SSSR count). The number of aromatic nitrogens is 2. The molecule has 0 unspecified atom stereocenters. The lowest BCUT2D eigenvalue weighted by molar-refractivity contribution is 0.110. The van der Waals surface area contributed by atoms with Crippen molar-refractivity contribution in [2.45, 2.75) is 0 Å². The van der Waals surface area contributed by atoms with Gasteiger partial charge in [-0.05, 0) is 30.3 Å². The van der Waals surface area contributed by atoms with Crippen LogP contribution in [-0.4, -0.2) is 15.7 Å². The van der Waals surface area contributed by atoms with Crippen LogP contribution in [0.2, 0.25) is 5.02 Å². The highest BCUT2D eigenvalue weighted by Gasteiger charge is 2.08. The van der Waals surface area contributed by atoms with Crippen molar-refractivity contribution in [3.63, 3.8) is 0 Å². The molecule has 0 N–H and O–H groups in total. The number of carbonyl (C=O) groups is 1. The molecular weight excluding hydrogens is 312 g/mol. The van der Waals surface area contributed by atoms with Gasteiger partial charge >= 0.3 is 0 Å². The molecule has 0 saturated carbocycles. The maximum atomic E-state index is 10.7. The number of hydrogen-bond donors (Lipinski definition) is 0. The van der Waals surface area contributed by atoms with Crippen LogP contribution in [0, 0.1) is 0 Å². The Kier molecular flexibility index (Phi) is 3.24. The van der Waals surface area contributed by atoms with E-state index in [1.54, 1.807) is 12.1 Å².